The first-order valence-corrected chi connectivity index (χ1v) is 22.6. The van der Waals surface area contributed by atoms with Crippen molar-refractivity contribution < 1.29 is 38.0 Å². The molecule has 3 fully saturated rings. The highest BCUT2D eigenvalue weighted by Gasteiger charge is 2.25. The van der Waals surface area contributed by atoms with Gasteiger partial charge in [-0.25, -0.2) is 0 Å². The van der Waals surface area contributed by atoms with Crippen molar-refractivity contribution in [2.45, 2.75) is 217 Å². The van der Waals surface area contributed by atoms with Crippen LogP contribution in [0, 0.1) is 0 Å². The fraction of sp³-hybridized carbons (Fsp3) is 0.826. The molecule has 2 atom stereocenters. The van der Waals surface area contributed by atoms with Crippen LogP contribution in [-0.2, 0) is 33.3 Å². The van der Waals surface area contributed by atoms with E-state index in [0.717, 1.165) is 103 Å². The molecule has 0 spiro atoms. The zero-order valence-corrected chi connectivity index (χ0v) is 33.9. The molecule has 1 aromatic rings. The smallest absolute Gasteiger partial charge is 0.311 e. The van der Waals surface area contributed by atoms with E-state index in [1.807, 2.05) is 12.1 Å². The number of ether oxygens (including phenoxy) is 6. The van der Waals surface area contributed by atoms with E-state index < -0.39 is 0 Å². The summed E-state index contributed by atoms with van der Waals surface area (Å²) in [4.78, 5) is 24.9. The molecule has 308 valence electrons. The van der Waals surface area contributed by atoms with Gasteiger partial charge in [0.25, 0.3) is 0 Å². The van der Waals surface area contributed by atoms with E-state index in [1.54, 1.807) is 0 Å². The number of hydrogen-bond donors (Lipinski definition) is 0. The van der Waals surface area contributed by atoms with Gasteiger partial charge in [-0.1, -0.05) is 102 Å². The highest BCUT2D eigenvalue weighted by atomic mass is 16.7. The average molecular weight is 757 g/mol. The lowest BCUT2D eigenvalue weighted by Gasteiger charge is -2.28. The number of unbranched alkanes of at least 4 members (excludes halogenated alkanes) is 16. The SMILES string of the molecule is O=C(CCCCCCCCCCCOC1CCCCO1)Oc1ccc(C2CCC(OC(=O)CCCCCCCCCCCOC3CCCCO3)CC2)cc1. The average Bonchev–Trinajstić information content (AvgIpc) is 3.20. The van der Waals surface area contributed by atoms with Gasteiger partial charge in [0.15, 0.2) is 12.6 Å². The molecular formula is C46H76O8. The first-order chi connectivity index (χ1) is 26.7. The van der Waals surface area contributed by atoms with Crippen LogP contribution in [0.1, 0.15) is 204 Å². The summed E-state index contributed by atoms with van der Waals surface area (Å²) >= 11 is 0. The lowest BCUT2D eigenvalue weighted by molar-refractivity contribution is -0.163. The Hall–Kier alpha value is -2.00. The molecule has 0 bridgehead atoms. The Morgan fingerprint density at radius 2 is 0.944 bits per heavy atom. The third kappa shape index (κ3) is 20.8. The number of benzene rings is 1. The molecule has 0 radical (unpaired) electrons. The van der Waals surface area contributed by atoms with Gasteiger partial charge < -0.3 is 28.4 Å². The van der Waals surface area contributed by atoms with Gasteiger partial charge in [-0.3, -0.25) is 9.59 Å². The molecule has 2 unspecified atom stereocenters. The van der Waals surface area contributed by atoms with Crippen LogP contribution in [0.25, 0.3) is 0 Å². The molecule has 0 aromatic heterocycles. The molecule has 8 nitrogen and oxygen atoms in total. The maximum Gasteiger partial charge on any atom is 0.311 e. The normalized spacial score (nSPS) is 21.9. The van der Waals surface area contributed by atoms with E-state index in [-0.39, 0.29) is 30.6 Å². The quantitative estimate of drug-likeness (QED) is 0.0453. The minimum absolute atomic E-state index is 0.0286. The Morgan fingerprint density at radius 3 is 1.41 bits per heavy atom. The molecule has 54 heavy (non-hydrogen) atoms. The molecule has 1 aliphatic carbocycles. The van der Waals surface area contributed by atoms with Crippen LogP contribution in [0.2, 0.25) is 0 Å². The summed E-state index contributed by atoms with van der Waals surface area (Å²) in [6, 6.07) is 8.06. The summed E-state index contributed by atoms with van der Waals surface area (Å²) < 4.78 is 34.3. The highest BCUT2D eigenvalue weighted by Crippen LogP contribution is 2.35. The predicted molar refractivity (Wildman–Crippen MR) is 215 cm³/mol. The van der Waals surface area contributed by atoms with Gasteiger partial charge in [0.1, 0.15) is 11.9 Å². The maximum atomic E-state index is 12.5. The molecule has 0 N–H and O–H groups in total. The number of hydrogen-bond acceptors (Lipinski definition) is 8. The van der Waals surface area contributed by atoms with Crippen molar-refractivity contribution in [1.82, 2.24) is 0 Å². The van der Waals surface area contributed by atoms with E-state index in [1.165, 1.54) is 108 Å². The molecule has 8 heteroatoms. The Balaban J connectivity index is 0.899. The van der Waals surface area contributed by atoms with Crippen molar-refractivity contribution in [1.29, 1.82) is 0 Å². The minimum Gasteiger partial charge on any atom is -0.462 e. The Morgan fingerprint density at radius 1 is 0.500 bits per heavy atom. The molecule has 4 rings (SSSR count). The van der Waals surface area contributed by atoms with Gasteiger partial charge in [0.2, 0.25) is 0 Å². The molecule has 1 saturated carbocycles. The van der Waals surface area contributed by atoms with Gasteiger partial charge in [-0.2, -0.15) is 0 Å². The van der Waals surface area contributed by atoms with Crippen molar-refractivity contribution in [3.63, 3.8) is 0 Å². The van der Waals surface area contributed by atoms with E-state index in [4.69, 9.17) is 28.4 Å². The van der Waals surface area contributed by atoms with Crippen molar-refractivity contribution in [2.24, 2.45) is 0 Å². The summed E-state index contributed by atoms with van der Waals surface area (Å²) in [6.07, 6.45) is 33.2. The van der Waals surface area contributed by atoms with E-state index in [9.17, 15) is 9.59 Å². The monoisotopic (exact) mass is 757 g/mol. The van der Waals surface area contributed by atoms with Crippen LogP contribution in [-0.4, -0.2) is 57.1 Å². The Labute approximate surface area is 328 Å². The number of esters is 2. The van der Waals surface area contributed by atoms with Crippen LogP contribution in [0.4, 0.5) is 0 Å². The topological polar surface area (TPSA) is 89.5 Å². The molecule has 0 amide bonds. The summed E-state index contributed by atoms with van der Waals surface area (Å²) in [5.74, 6) is 0.924. The van der Waals surface area contributed by atoms with Crippen LogP contribution < -0.4 is 4.74 Å². The zero-order chi connectivity index (χ0) is 37.7. The number of rotatable bonds is 29. The lowest BCUT2D eigenvalue weighted by atomic mass is 9.83. The minimum atomic E-state index is -0.139. The standard InChI is InChI=1S/C46H76O8/c47-43(23-15-11-7-3-1-5-9-13-19-35-49-45-25-17-21-37-51-45)53-41-31-27-39(28-32-41)40-29-33-42(34-30-40)54-44(48)24-16-12-8-4-2-6-10-14-20-36-50-46-26-18-22-38-52-46/h27-28,31-32,40,42,45-46H,1-26,29-30,33-38H2. The van der Waals surface area contributed by atoms with Gasteiger partial charge in [-0.15, -0.1) is 0 Å². The second-order valence-corrected chi connectivity index (χ2v) is 16.2. The molecule has 2 saturated heterocycles. The van der Waals surface area contributed by atoms with Crippen molar-refractivity contribution >= 4 is 11.9 Å². The van der Waals surface area contributed by atoms with E-state index in [2.05, 4.69) is 12.1 Å². The Bertz CT molecular complexity index is 1070. The fourth-order valence-electron chi connectivity index (χ4n) is 8.08. The van der Waals surface area contributed by atoms with Crippen LogP contribution in [0.15, 0.2) is 24.3 Å². The highest BCUT2D eigenvalue weighted by molar-refractivity contribution is 5.72. The molecule has 1 aromatic carbocycles. The third-order valence-electron chi connectivity index (χ3n) is 11.5. The molecular weight excluding hydrogens is 680 g/mol. The number of carbonyl (C=O) groups excluding carboxylic acids is 2. The van der Waals surface area contributed by atoms with Crippen molar-refractivity contribution in [2.75, 3.05) is 26.4 Å². The second kappa shape index (κ2) is 29.3. The Kier molecular flexibility index (Phi) is 24.2. The van der Waals surface area contributed by atoms with Gasteiger partial charge in [-0.05, 0) is 114 Å². The lowest BCUT2D eigenvalue weighted by Crippen LogP contribution is -2.23. The molecule has 2 heterocycles. The van der Waals surface area contributed by atoms with Gasteiger partial charge in [0, 0.05) is 39.3 Å². The third-order valence-corrected chi connectivity index (χ3v) is 11.5. The van der Waals surface area contributed by atoms with Crippen LogP contribution >= 0.6 is 0 Å². The van der Waals surface area contributed by atoms with Crippen LogP contribution in [0.3, 0.4) is 0 Å². The summed E-state index contributed by atoms with van der Waals surface area (Å²) in [5, 5.41) is 0. The predicted octanol–water partition coefficient (Wildman–Crippen LogP) is 12.0. The molecule has 2 aliphatic heterocycles. The number of carbonyl (C=O) groups is 2. The van der Waals surface area contributed by atoms with Gasteiger partial charge in [0.05, 0.1) is 0 Å². The van der Waals surface area contributed by atoms with Crippen molar-refractivity contribution in [3.05, 3.63) is 29.8 Å². The maximum absolute atomic E-state index is 12.5. The van der Waals surface area contributed by atoms with Crippen LogP contribution in [0.5, 0.6) is 5.75 Å². The molecule has 3 aliphatic rings. The van der Waals surface area contributed by atoms with Crippen molar-refractivity contribution in [3.8, 4) is 5.75 Å². The fourth-order valence-corrected chi connectivity index (χ4v) is 8.08. The largest absolute Gasteiger partial charge is 0.462 e. The zero-order valence-electron chi connectivity index (χ0n) is 33.9. The first kappa shape index (κ1) is 44.7. The van der Waals surface area contributed by atoms with E-state index in [0.29, 0.717) is 24.5 Å². The summed E-state index contributed by atoms with van der Waals surface area (Å²) in [6.45, 7) is 3.35. The van der Waals surface area contributed by atoms with E-state index >= 15 is 0 Å². The first-order valence-electron chi connectivity index (χ1n) is 22.6. The summed E-state index contributed by atoms with van der Waals surface area (Å²) in [5.41, 5.74) is 1.28. The van der Waals surface area contributed by atoms with Gasteiger partial charge >= 0.3 is 11.9 Å². The summed E-state index contributed by atoms with van der Waals surface area (Å²) in [7, 11) is 0. The second-order valence-electron chi connectivity index (χ2n) is 16.2.